The highest BCUT2D eigenvalue weighted by molar-refractivity contribution is 6.67. The van der Waals surface area contributed by atoms with Crippen molar-refractivity contribution in [3.63, 3.8) is 0 Å². The second-order valence-electron chi connectivity index (χ2n) is 14.7. The Morgan fingerprint density at radius 3 is 2.16 bits per heavy atom. The summed E-state index contributed by atoms with van der Waals surface area (Å²) in [5.41, 5.74) is -6.08. The van der Waals surface area contributed by atoms with Crippen LogP contribution in [0.1, 0.15) is 78.6 Å². The third-order valence-corrected chi connectivity index (χ3v) is 15.6. The van der Waals surface area contributed by atoms with Crippen LogP contribution in [0, 0.1) is 16.7 Å². The molecule has 0 aromatic heterocycles. The SMILES string of the molecule is CC[Si](CC)(OC)O[C@H]1C[C@H]2OC[C@@]2(OC(C)=O)[C@H]2[C@H](OC(=O)c3ccccc3)[C@]3(O)C[C@H](O)C(C)=C([C@@H](OC(C)=O)C(=O)[C@]12C)C3(C)C. The number of benzene rings is 1. The van der Waals surface area contributed by atoms with Crippen molar-refractivity contribution < 1.29 is 57.2 Å². The van der Waals surface area contributed by atoms with Crippen LogP contribution in [0.15, 0.2) is 41.5 Å². The maximum Gasteiger partial charge on any atom is 0.338 e. The summed E-state index contributed by atoms with van der Waals surface area (Å²) in [6.45, 7) is 12.8. The average molecular weight is 703 g/mol. The van der Waals surface area contributed by atoms with Crippen LogP contribution >= 0.6 is 0 Å². The molecule has 5 rings (SSSR count). The first-order valence-corrected chi connectivity index (χ1v) is 19.3. The Balaban J connectivity index is 1.88. The van der Waals surface area contributed by atoms with Crippen LogP contribution in [0.2, 0.25) is 12.1 Å². The van der Waals surface area contributed by atoms with Gasteiger partial charge in [-0.2, -0.15) is 0 Å². The van der Waals surface area contributed by atoms with Gasteiger partial charge < -0.3 is 38.0 Å². The second-order valence-corrected chi connectivity index (χ2v) is 18.6. The molecule has 1 saturated heterocycles. The monoisotopic (exact) mass is 702 g/mol. The van der Waals surface area contributed by atoms with Crippen molar-refractivity contribution in [2.75, 3.05) is 13.7 Å². The summed E-state index contributed by atoms with van der Waals surface area (Å²) >= 11 is 0. The second kappa shape index (κ2) is 13.0. The summed E-state index contributed by atoms with van der Waals surface area (Å²) in [4.78, 5) is 55.4. The molecule has 4 aliphatic rings. The van der Waals surface area contributed by atoms with Crippen LogP contribution in [0.3, 0.4) is 0 Å². The molecule has 1 heterocycles. The van der Waals surface area contributed by atoms with Gasteiger partial charge in [0.15, 0.2) is 17.5 Å². The van der Waals surface area contributed by atoms with Crippen molar-refractivity contribution >= 4 is 32.3 Å². The molecule has 2 N–H and O–H groups in total. The third-order valence-electron chi connectivity index (χ3n) is 12.0. The van der Waals surface area contributed by atoms with Crippen LogP contribution in [0.25, 0.3) is 0 Å². The largest absolute Gasteiger partial charge is 0.455 e. The Morgan fingerprint density at radius 1 is 1.02 bits per heavy atom. The Kier molecular flexibility index (Phi) is 9.89. The Morgan fingerprint density at radius 2 is 1.65 bits per heavy atom. The fraction of sp³-hybridized carbons (Fsp3) is 0.667. The highest BCUT2D eigenvalue weighted by Crippen LogP contribution is 2.65. The quantitative estimate of drug-likeness (QED) is 0.166. The number of aliphatic hydroxyl groups is 2. The molecule has 0 amide bonds. The van der Waals surface area contributed by atoms with Crippen LogP contribution < -0.4 is 0 Å². The van der Waals surface area contributed by atoms with Crippen molar-refractivity contribution in [1.82, 2.24) is 0 Å². The van der Waals surface area contributed by atoms with E-state index in [0.29, 0.717) is 17.7 Å². The molecule has 12 nitrogen and oxygen atoms in total. The number of aliphatic hydroxyl groups excluding tert-OH is 1. The van der Waals surface area contributed by atoms with Gasteiger partial charge in [0.2, 0.25) is 0 Å². The van der Waals surface area contributed by atoms with Gasteiger partial charge in [-0.25, -0.2) is 4.79 Å². The van der Waals surface area contributed by atoms with Crippen molar-refractivity contribution in [2.24, 2.45) is 16.7 Å². The lowest BCUT2D eigenvalue weighted by atomic mass is 9.44. The van der Waals surface area contributed by atoms with Gasteiger partial charge in [-0.3, -0.25) is 14.4 Å². The molecule has 1 aliphatic heterocycles. The molecule has 2 bridgehead atoms. The summed E-state index contributed by atoms with van der Waals surface area (Å²) in [6.07, 6.45) is -6.43. The molecule has 13 heteroatoms. The molecule has 0 spiro atoms. The van der Waals surface area contributed by atoms with Gasteiger partial charge in [0, 0.05) is 39.2 Å². The summed E-state index contributed by atoms with van der Waals surface area (Å²) in [5.74, 6) is -4.09. The van der Waals surface area contributed by atoms with E-state index >= 15 is 4.79 Å². The van der Waals surface area contributed by atoms with Crippen molar-refractivity contribution in [1.29, 1.82) is 0 Å². The van der Waals surface area contributed by atoms with E-state index in [1.165, 1.54) is 13.8 Å². The van der Waals surface area contributed by atoms with Gasteiger partial charge in [-0.1, -0.05) is 45.9 Å². The van der Waals surface area contributed by atoms with Gasteiger partial charge in [0.1, 0.15) is 17.8 Å². The Bertz CT molecular complexity index is 1510. The van der Waals surface area contributed by atoms with Crippen LogP contribution in [0.5, 0.6) is 0 Å². The first-order chi connectivity index (χ1) is 22.9. The van der Waals surface area contributed by atoms with E-state index < -0.39 is 90.7 Å². The summed E-state index contributed by atoms with van der Waals surface area (Å²) in [5, 5.41) is 24.8. The summed E-state index contributed by atoms with van der Waals surface area (Å²) < 4.78 is 37.6. The molecule has 9 atom stereocenters. The molecule has 1 aromatic carbocycles. The molecule has 270 valence electrons. The van der Waals surface area contributed by atoms with Gasteiger partial charge in [0.05, 0.1) is 35.7 Å². The molecule has 3 fully saturated rings. The lowest BCUT2D eigenvalue weighted by Crippen LogP contribution is -2.82. The zero-order valence-electron chi connectivity index (χ0n) is 29.9. The van der Waals surface area contributed by atoms with Gasteiger partial charge in [-0.05, 0) is 49.2 Å². The Hall–Kier alpha value is -2.94. The van der Waals surface area contributed by atoms with Crippen molar-refractivity contribution in [3.05, 3.63) is 47.0 Å². The molecular formula is C36H50O12Si. The maximum absolute atomic E-state index is 15.6. The van der Waals surface area contributed by atoms with Gasteiger partial charge in [0.25, 0.3) is 0 Å². The van der Waals surface area contributed by atoms with Gasteiger partial charge >= 0.3 is 26.5 Å². The minimum atomic E-state index is -2.98. The normalized spacial score (nSPS) is 36.7. The van der Waals surface area contributed by atoms with Gasteiger partial charge in [-0.15, -0.1) is 0 Å². The fourth-order valence-corrected chi connectivity index (χ4v) is 11.4. The Labute approximate surface area is 288 Å². The molecule has 0 unspecified atom stereocenters. The van der Waals surface area contributed by atoms with Crippen molar-refractivity contribution in [2.45, 2.75) is 122 Å². The number of rotatable bonds is 9. The third kappa shape index (κ3) is 5.61. The highest BCUT2D eigenvalue weighted by Gasteiger charge is 2.78. The first-order valence-electron chi connectivity index (χ1n) is 17.0. The summed E-state index contributed by atoms with van der Waals surface area (Å²) in [7, 11) is -1.41. The first kappa shape index (κ1) is 37.3. The highest BCUT2D eigenvalue weighted by atomic mass is 28.4. The average Bonchev–Trinajstić information content (AvgIpc) is 3.04. The number of hydrogen-bond donors (Lipinski definition) is 2. The number of ether oxygens (including phenoxy) is 4. The predicted octanol–water partition coefficient (Wildman–Crippen LogP) is 3.81. The topological polar surface area (TPSA) is 164 Å². The lowest BCUT2D eigenvalue weighted by Gasteiger charge is -2.68. The maximum atomic E-state index is 15.6. The smallest absolute Gasteiger partial charge is 0.338 e. The predicted molar refractivity (Wildman–Crippen MR) is 177 cm³/mol. The van der Waals surface area contributed by atoms with E-state index in [0.717, 1.165) is 0 Å². The number of carbonyl (C=O) groups excluding carboxylic acids is 4. The lowest BCUT2D eigenvalue weighted by molar-refractivity contribution is -0.345. The van der Waals surface area contributed by atoms with Crippen LogP contribution in [-0.2, 0) is 42.2 Å². The minimum absolute atomic E-state index is 0.0960. The van der Waals surface area contributed by atoms with E-state index in [9.17, 15) is 24.6 Å². The number of esters is 3. The number of fused-ring (bicyclic) bond motifs is 5. The van der Waals surface area contributed by atoms with E-state index in [2.05, 4.69) is 0 Å². The molecular weight excluding hydrogens is 652 g/mol. The zero-order valence-corrected chi connectivity index (χ0v) is 30.9. The van der Waals surface area contributed by atoms with E-state index in [1.54, 1.807) is 65.1 Å². The molecule has 0 radical (unpaired) electrons. The molecule has 2 saturated carbocycles. The molecule has 3 aliphatic carbocycles. The van der Waals surface area contributed by atoms with E-state index in [1.807, 2.05) is 13.8 Å². The standard InChI is InChI=1S/C36H50O12Si/c1-10-49(11-2,43-9)48-25-17-26-35(19-44-26,47-22(5)38)29-31(46-32(41)23-15-13-12-14-16-23)36(42)18-24(39)20(3)27(33(36,6)7)28(45-21(4)37)30(40)34(25,29)8/h12-16,24-26,28-29,31,39,42H,10-11,17-19H2,1-9H3/t24-,25-,26+,28+,29-,31-,34+,35-,36+/m0/s1. The zero-order chi connectivity index (χ0) is 36.3. The summed E-state index contributed by atoms with van der Waals surface area (Å²) in [6, 6.07) is 9.30. The number of Topliss-reactive ketones (excluding diaryl/α,β-unsaturated/α-hetero) is 1. The van der Waals surface area contributed by atoms with E-state index in [4.69, 9.17) is 27.8 Å². The van der Waals surface area contributed by atoms with Crippen LogP contribution in [0.4, 0.5) is 0 Å². The number of hydrogen-bond acceptors (Lipinski definition) is 12. The van der Waals surface area contributed by atoms with E-state index in [-0.39, 0.29) is 30.6 Å². The molecule has 1 aromatic rings. The van der Waals surface area contributed by atoms with Crippen molar-refractivity contribution in [3.8, 4) is 0 Å². The van der Waals surface area contributed by atoms with Crippen LogP contribution in [-0.4, -0.2) is 97.9 Å². The molecule has 49 heavy (non-hydrogen) atoms. The number of ketones is 1. The minimum Gasteiger partial charge on any atom is -0.455 e. The number of carbonyl (C=O) groups is 4. The fourth-order valence-electron chi connectivity index (χ4n) is 9.07.